The molecule has 0 aliphatic heterocycles. The fourth-order valence-corrected chi connectivity index (χ4v) is 2.20. The molecule has 0 spiro atoms. The van der Waals surface area contributed by atoms with Crippen LogP contribution >= 0.6 is 23.2 Å². The Hall–Kier alpha value is -1.46. The normalized spacial score (nSPS) is 12.3. The lowest BCUT2D eigenvalue weighted by atomic mass is 10.1. The van der Waals surface area contributed by atoms with Crippen LogP contribution in [0.1, 0.15) is 38.3 Å². The van der Waals surface area contributed by atoms with E-state index in [1.54, 1.807) is 26.8 Å². The summed E-state index contributed by atoms with van der Waals surface area (Å²) in [4.78, 5) is 11.7. The van der Waals surface area contributed by atoms with Gasteiger partial charge in [0.15, 0.2) is 5.84 Å². The van der Waals surface area contributed by atoms with E-state index in [4.69, 9.17) is 38.9 Å². The summed E-state index contributed by atoms with van der Waals surface area (Å²) in [6.07, 6.45) is 0.583. The standard InChI is InChI=1S/C14H18Cl2N2O3/c1-14(2,3)21-12(19)5-4-8-6-11(16)9(7-10(8)15)13(17)18-20/h6-7,20H,4-5H2,1-3H3,(H2,17,18). The van der Waals surface area contributed by atoms with Gasteiger partial charge in [0.2, 0.25) is 0 Å². The third kappa shape index (κ3) is 5.44. The van der Waals surface area contributed by atoms with Crippen molar-refractivity contribution in [3.8, 4) is 0 Å². The van der Waals surface area contributed by atoms with Gasteiger partial charge in [-0.15, -0.1) is 0 Å². The second-order valence-electron chi connectivity index (χ2n) is 5.50. The van der Waals surface area contributed by atoms with E-state index >= 15 is 0 Å². The number of halogens is 2. The van der Waals surface area contributed by atoms with E-state index in [1.807, 2.05) is 0 Å². The Morgan fingerprint density at radius 2 is 1.95 bits per heavy atom. The smallest absolute Gasteiger partial charge is 0.306 e. The van der Waals surface area contributed by atoms with E-state index in [0.29, 0.717) is 27.6 Å². The topological polar surface area (TPSA) is 84.9 Å². The molecule has 0 bridgehead atoms. The van der Waals surface area contributed by atoms with Crippen molar-refractivity contribution in [2.24, 2.45) is 10.9 Å². The van der Waals surface area contributed by atoms with E-state index in [2.05, 4.69) is 5.16 Å². The van der Waals surface area contributed by atoms with Crippen LogP contribution in [-0.2, 0) is 16.0 Å². The number of ether oxygens (including phenoxy) is 1. The molecular formula is C14H18Cl2N2O3. The number of carbonyl (C=O) groups is 1. The lowest BCUT2D eigenvalue weighted by Crippen LogP contribution is -2.24. The Morgan fingerprint density at radius 3 is 2.48 bits per heavy atom. The highest BCUT2D eigenvalue weighted by Gasteiger charge is 2.17. The molecule has 0 fully saturated rings. The van der Waals surface area contributed by atoms with Gasteiger partial charge in [-0.25, -0.2) is 0 Å². The predicted molar refractivity (Wildman–Crippen MR) is 83.1 cm³/mol. The molecule has 0 saturated heterocycles. The molecule has 0 unspecified atom stereocenters. The van der Waals surface area contributed by atoms with Crippen molar-refractivity contribution in [2.75, 3.05) is 0 Å². The van der Waals surface area contributed by atoms with E-state index in [9.17, 15) is 4.79 Å². The van der Waals surface area contributed by atoms with Crippen LogP contribution in [0.25, 0.3) is 0 Å². The summed E-state index contributed by atoms with van der Waals surface area (Å²) in [6.45, 7) is 5.42. The summed E-state index contributed by atoms with van der Waals surface area (Å²) in [5, 5.41) is 12.2. The summed E-state index contributed by atoms with van der Waals surface area (Å²) in [6, 6.07) is 3.10. The summed E-state index contributed by atoms with van der Waals surface area (Å²) in [7, 11) is 0. The van der Waals surface area contributed by atoms with Crippen LogP contribution < -0.4 is 5.73 Å². The molecule has 0 saturated carbocycles. The lowest BCUT2D eigenvalue weighted by Gasteiger charge is -2.19. The fourth-order valence-electron chi connectivity index (χ4n) is 1.66. The number of benzene rings is 1. The molecule has 0 aliphatic carbocycles. The largest absolute Gasteiger partial charge is 0.460 e. The van der Waals surface area contributed by atoms with Gasteiger partial charge in [-0.1, -0.05) is 28.4 Å². The molecular weight excluding hydrogens is 315 g/mol. The molecule has 0 amide bonds. The summed E-state index contributed by atoms with van der Waals surface area (Å²) in [5.41, 5.74) is 6.00. The van der Waals surface area contributed by atoms with Crippen molar-refractivity contribution < 1.29 is 14.7 Å². The van der Waals surface area contributed by atoms with Gasteiger partial charge in [-0.3, -0.25) is 4.79 Å². The highest BCUT2D eigenvalue weighted by atomic mass is 35.5. The SMILES string of the molecule is CC(C)(C)OC(=O)CCc1cc(Cl)c(C(N)=NO)cc1Cl. The van der Waals surface area contributed by atoms with Crippen LogP contribution in [0, 0.1) is 0 Å². The molecule has 1 aromatic rings. The maximum Gasteiger partial charge on any atom is 0.306 e. The van der Waals surface area contributed by atoms with Gasteiger partial charge >= 0.3 is 5.97 Å². The van der Waals surface area contributed by atoms with Crippen molar-refractivity contribution in [2.45, 2.75) is 39.2 Å². The van der Waals surface area contributed by atoms with Gasteiger partial charge in [0.1, 0.15) is 5.60 Å². The Kier molecular flexibility index (Phi) is 5.87. The van der Waals surface area contributed by atoms with Gasteiger partial charge in [-0.05, 0) is 44.9 Å². The average Bonchev–Trinajstić information content (AvgIpc) is 2.36. The van der Waals surface area contributed by atoms with Crippen molar-refractivity contribution in [1.29, 1.82) is 0 Å². The predicted octanol–water partition coefficient (Wildman–Crippen LogP) is 3.36. The molecule has 0 heterocycles. The summed E-state index contributed by atoms with van der Waals surface area (Å²) >= 11 is 12.2. The van der Waals surface area contributed by atoms with E-state index in [1.165, 1.54) is 6.07 Å². The van der Waals surface area contributed by atoms with Crippen LogP contribution in [-0.4, -0.2) is 22.6 Å². The minimum Gasteiger partial charge on any atom is -0.460 e. The molecule has 5 nitrogen and oxygen atoms in total. The molecule has 3 N–H and O–H groups in total. The van der Waals surface area contributed by atoms with Crippen LogP contribution in [0.3, 0.4) is 0 Å². The zero-order chi connectivity index (χ0) is 16.2. The Bertz CT molecular complexity index is 566. The number of hydrogen-bond donors (Lipinski definition) is 2. The minimum absolute atomic E-state index is 0.124. The summed E-state index contributed by atoms with van der Waals surface area (Å²) in [5.74, 6) is -0.434. The van der Waals surface area contributed by atoms with Crippen molar-refractivity contribution in [3.05, 3.63) is 33.3 Å². The fraction of sp³-hybridized carbons (Fsp3) is 0.429. The van der Waals surface area contributed by atoms with Crippen molar-refractivity contribution >= 4 is 35.0 Å². The van der Waals surface area contributed by atoms with Gasteiger partial charge < -0.3 is 15.7 Å². The molecule has 0 aromatic heterocycles. The highest BCUT2D eigenvalue weighted by molar-refractivity contribution is 6.36. The molecule has 1 rings (SSSR count). The Balaban J connectivity index is 2.82. The third-order valence-corrected chi connectivity index (χ3v) is 3.20. The first-order valence-electron chi connectivity index (χ1n) is 6.31. The number of oxime groups is 1. The number of carbonyl (C=O) groups excluding carboxylic acids is 1. The number of nitrogens with zero attached hydrogens (tertiary/aromatic N) is 1. The third-order valence-electron chi connectivity index (χ3n) is 2.54. The molecule has 116 valence electrons. The maximum atomic E-state index is 11.7. The van der Waals surface area contributed by atoms with Crippen LogP contribution in [0.15, 0.2) is 17.3 Å². The van der Waals surface area contributed by atoms with Crippen molar-refractivity contribution in [1.82, 2.24) is 0 Å². The Morgan fingerprint density at radius 1 is 1.33 bits per heavy atom. The zero-order valence-corrected chi connectivity index (χ0v) is 13.6. The first-order valence-corrected chi connectivity index (χ1v) is 7.07. The van der Waals surface area contributed by atoms with Gasteiger partial charge in [0.25, 0.3) is 0 Å². The maximum absolute atomic E-state index is 11.7. The second kappa shape index (κ2) is 7.00. The number of esters is 1. The van der Waals surface area contributed by atoms with Crippen LogP contribution in [0.4, 0.5) is 0 Å². The first-order chi connectivity index (χ1) is 9.64. The average molecular weight is 333 g/mol. The monoisotopic (exact) mass is 332 g/mol. The van der Waals surface area contributed by atoms with E-state index in [0.717, 1.165) is 0 Å². The number of hydrogen-bond acceptors (Lipinski definition) is 4. The second-order valence-corrected chi connectivity index (χ2v) is 6.31. The van der Waals surface area contributed by atoms with Crippen LogP contribution in [0.5, 0.6) is 0 Å². The Labute approximate surface area is 133 Å². The van der Waals surface area contributed by atoms with Gasteiger partial charge in [0, 0.05) is 17.0 Å². The quantitative estimate of drug-likeness (QED) is 0.291. The molecule has 0 radical (unpaired) electrons. The number of rotatable bonds is 4. The van der Waals surface area contributed by atoms with E-state index < -0.39 is 5.60 Å². The van der Waals surface area contributed by atoms with Crippen molar-refractivity contribution in [3.63, 3.8) is 0 Å². The molecule has 21 heavy (non-hydrogen) atoms. The highest BCUT2D eigenvalue weighted by Crippen LogP contribution is 2.26. The number of aryl methyl sites for hydroxylation is 1. The number of nitrogens with two attached hydrogens (primary N) is 1. The molecule has 1 aromatic carbocycles. The first kappa shape index (κ1) is 17.6. The molecule has 0 aliphatic rings. The number of amidine groups is 1. The lowest BCUT2D eigenvalue weighted by molar-refractivity contribution is -0.154. The molecule has 0 atom stereocenters. The molecule has 7 heteroatoms. The minimum atomic E-state index is -0.519. The summed E-state index contributed by atoms with van der Waals surface area (Å²) < 4.78 is 5.22. The van der Waals surface area contributed by atoms with E-state index in [-0.39, 0.29) is 18.2 Å². The zero-order valence-electron chi connectivity index (χ0n) is 12.1. The van der Waals surface area contributed by atoms with Gasteiger partial charge in [-0.2, -0.15) is 0 Å². The van der Waals surface area contributed by atoms with Gasteiger partial charge in [0.05, 0.1) is 5.02 Å². The van der Waals surface area contributed by atoms with Crippen LogP contribution in [0.2, 0.25) is 10.0 Å².